The molecule has 0 unspecified atom stereocenters. The Labute approximate surface area is 150 Å². The molecule has 1 aliphatic rings. The zero-order valence-corrected chi connectivity index (χ0v) is 14.7. The minimum atomic E-state index is -0.237. The first kappa shape index (κ1) is 17.8. The van der Waals surface area contributed by atoms with Crippen LogP contribution in [0.5, 0.6) is 11.5 Å². The van der Waals surface area contributed by atoms with Gasteiger partial charge >= 0.3 is 0 Å². The average Bonchev–Trinajstić information content (AvgIpc) is 2.62. The predicted octanol–water partition coefficient (Wildman–Crippen LogP) is 4.81. The molecule has 2 N–H and O–H groups in total. The van der Waals surface area contributed by atoms with Crippen LogP contribution in [0.4, 0.5) is 0 Å². The normalized spacial score (nSPS) is 20.4. The van der Waals surface area contributed by atoms with Crippen molar-refractivity contribution in [2.75, 3.05) is 6.61 Å². The van der Waals surface area contributed by atoms with E-state index in [1.165, 1.54) is 5.56 Å². The lowest BCUT2D eigenvalue weighted by molar-refractivity contribution is 0.119. The van der Waals surface area contributed by atoms with Crippen molar-refractivity contribution in [3.05, 3.63) is 59.7 Å². The molecule has 0 aromatic heterocycles. The van der Waals surface area contributed by atoms with E-state index < -0.39 is 0 Å². The number of hydrogen-bond donors (Lipinski definition) is 2. The number of unbranched alkanes of at least 4 members (excludes halogenated alkanes) is 1. The van der Waals surface area contributed by atoms with Crippen molar-refractivity contribution in [2.24, 2.45) is 0 Å². The van der Waals surface area contributed by atoms with Gasteiger partial charge in [-0.3, -0.25) is 0 Å². The highest BCUT2D eigenvalue weighted by Crippen LogP contribution is 2.38. The van der Waals surface area contributed by atoms with E-state index >= 15 is 0 Å². The number of aliphatic hydroxyl groups excluding tert-OH is 1. The van der Waals surface area contributed by atoms with E-state index in [2.05, 4.69) is 24.3 Å². The zero-order valence-electron chi connectivity index (χ0n) is 14.7. The van der Waals surface area contributed by atoms with Crippen LogP contribution >= 0.6 is 0 Å². The molecule has 0 aliphatic heterocycles. The number of phenolic OH excluding ortho intramolecular Hbond substituents is 1. The van der Waals surface area contributed by atoms with Gasteiger partial charge in [-0.05, 0) is 61.6 Å². The minimum absolute atomic E-state index is 0.237. The number of rotatable bonds is 7. The lowest BCUT2D eigenvalue weighted by Gasteiger charge is -2.26. The van der Waals surface area contributed by atoms with Crippen molar-refractivity contribution in [1.82, 2.24) is 0 Å². The van der Waals surface area contributed by atoms with E-state index in [4.69, 9.17) is 4.74 Å². The fourth-order valence-corrected chi connectivity index (χ4v) is 3.67. The lowest BCUT2D eigenvalue weighted by atomic mass is 9.82. The zero-order chi connectivity index (χ0) is 17.5. The Kier molecular flexibility index (Phi) is 6.35. The molecule has 134 valence electrons. The third-order valence-corrected chi connectivity index (χ3v) is 5.06. The summed E-state index contributed by atoms with van der Waals surface area (Å²) in [7, 11) is 0. The Hall–Kier alpha value is -2.00. The van der Waals surface area contributed by atoms with Crippen molar-refractivity contribution in [2.45, 2.75) is 57.0 Å². The Morgan fingerprint density at radius 3 is 2.60 bits per heavy atom. The summed E-state index contributed by atoms with van der Waals surface area (Å²) in [5.41, 5.74) is 2.30. The summed E-state index contributed by atoms with van der Waals surface area (Å²) in [5, 5.41) is 20.1. The quantitative estimate of drug-likeness (QED) is 0.711. The second kappa shape index (κ2) is 8.91. The highest BCUT2D eigenvalue weighted by molar-refractivity contribution is 5.42. The second-order valence-electron chi connectivity index (χ2n) is 7.03. The van der Waals surface area contributed by atoms with Crippen LogP contribution < -0.4 is 4.74 Å². The van der Waals surface area contributed by atoms with Crippen LogP contribution in [0, 0.1) is 0 Å². The molecule has 0 radical (unpaired) electrons. The van der Waals surface area contributed by atoms with E-state index in [1.54, 1.807) is 6.07 Å². The van der Waals surface area contributed by atoms with Gasteiger partial charge in [0.15, 0.2) is 0 Å². The highest BCUT2D eigenvalue weighted by Gasteiger charge is 2.23. The van der Waals surface area contributed by atoms with Crippen LogP contribution in [0.1, 0.15) is 55.6 Å². The highest BCUT2D eigenvalue weighted by atomic mass is 16.5. The predicted molar refractivity (Wildman–Crippen MR) is 100 cm³/mol. The van der Waals surface area contributed by atoms with Crippen molar-refractivity contribution >= 4 is 0 Å². The van der Waals surface area contributed by atoms with E-state index in [9.17, 15) is 10.2 Å². The second-order valence-corrected chi connectivity index (χ2v) is 7.03. The van der Waals surface area contributed by atoms with Gasteiger partial charge in [0.2, 0.25) is 0 Å². The van der Waals surface area contributed by atoms with Gasteiger partial charge in [0, 0.05) is 6.07 Å². The molecule has 1 fully saturated rings. The summed E-state index contributed by atoms with van der Waals surface area (Å²) in [4.78, 5) is 0. The molecule has 3 nitrogen and oxygen atoms in total. The molecular weight excluding hydrogens is 312 g/mol. The molecule has 0 bridgehead atoms. The summed E-state index contributed by atoms with van der Waals surface area (Å²) in [5.74, 6) is 1.27. The molecule has 0 amide bonds. The fraction of sp³-hybridized carbons (Fsp3) is 0.455. The summed E-state index contributed by atoms with van der Waals surface area (Å²) in [6, 6.07) is 16.1. The van der Waals surface area contributed by atoms with E-state index in [0.717, 1.165) is 56.3 Å². The molecular formula is C22H28O3. The summed E-state index contributed by atoms with van der Waals surface area (Å²) in [6.07, 6.45) is 6.58. The van der Waals surface area contributed by atoms with E-state index in [0.29, 0.717) is 12.4 Å². The molecule has 0 saturated heterocycles. The number of phenols is 1. The number of aryl methyl sites for hydroxylation is 1. The van der Waals surface area contributed by atoms with Crippen LogP contribution in [0.25, 0.3) is 0 Å². The van der Waals surface area contributed by atoms with Crippen LogP contribution in [0.3, 0.4) is 0 Å². The van der Waals surface area contributed by atoms with Gasteiger partial charge < -0.3 is 14.9 Å². The van der Waals surface area contributed by atoms with Crippen molar-refractivity contribution in [1.29, 1.82) is 0 Å². The summed E-state index contributed by atoms with van der Waals surface area (Å²) >= 11 is 0. The lowest BCUT2D eigenvalue weighted by Crippen LogP contribution is -2.18. The molecule has 1 aliphatic carbocycles. The molecule has 25 heavy (non-hydrogen) atoms. The largest absolute Gasteiger partial charge is 0.508 e. The molecule has 1 saturated carbocycles. The maximum absolute atomic E-state index is 10.3. The number of aromatic hydroxyl groups is 1. The van der Waals surface area contributed by atoms with Gasteiger partial charge in [-0.15, -0.1) is 0 Å². The molecule has 0 heterocycles. The van der Waals surface area contributed by atoms with Gasteiger partial charge in [-0.1, -0.05) is 42.8 Å². The Balaban J connectivity index is 1.44. The molecule has 3 heteroatoms. The smallest absolute Gasteiger partial charge is 0.122 e. The molecule has 2 atom stereocenters. The Bertz CT molecular complexity index is 654. The van der Waals surface area contributed by atoms with Gasteiger partial charge in [0.05, 0.1) is 12.7 Å². The first-order valence-corrected chi connectivity index (χ1v) is 9.40. The SMILES string of the molecule is Oc1cc(OCCCCc2ccccc2)ccc1[C@H]1CCC[C@@H](O)C1. The third-order valence-electron chi connectivity index (χ3n) is 5.06. The number of hydrogen-bond acceptors (Lipinski definition) is 3. The van der Waals surface area contributed by atoms with E-state index in [-0.39, 0.29) is 12.0 Å². The van der Waals surface area contributed by atoms with Crippen LogP contribution in [0.15, 0.2) is 48.5 Å². The van der Waals surface area contributed by atoms with Crippen molar-refractivity contribution < 1.29 is 14.9 Å². The first-order chi connectivity index (χ1) is 12.2. The van der Waals surface area contributed by atoms with Gasteiger partial charge in [0.25, 0.3) is 0 Å². The Morgan fingerprint density at radius 1 is 1.00 bits per heavy atom. The standard InChI is InChI=1S/C22H28O3/c23-19-11-6-10-18(15-19)21-13-12-20(16-22(21)24)25-14-5-4-9-17-7-2-1-3-8-17/h1-3,7-8,12-13,16,18-19,23-24H,4-6,9-11,14-15H2/t18-,19+/m0/s1. The van der Waals surface area contributed by atoms with E-state index in [1.807, 2.05) is 18.2 Å². The molecule has 2 aromatic carbocycles. The summed E-state index contributed by atoms with van der Waals surface area (Å²) < 4.78 is 5.78. The van der Waals surface area contributed by atoms with Crippen LogP contribution in [0.2, 0.25) is 0 Å². The Morgan fingerprint density at radius 2 is 1.84 bits per heavy atom. The number of benzene rings is 2. The van der Waals surface area contributed by atoms with Crippen LogP contribution in [-0.4, -0.2) is 22.9 Å². The van der Waals surface area contributed by atoms with Gasteiger partial charge in [-0.25, -0.2) is 0 Å². The fourth-order valence-electron chi connectivity index (χ4n) is 3.67. The van der Waals surface area contributed by atoms with Gasteiger partial charge in [-0.2, -0.15) is 0 Å². The number of ether oxygens (including phenoxy) is 1. The van der Waals surface area contributed by atoms with Crippen LogP contribution in [-0.2, 0) is 6.42 Å². The first-order valence-electron chi connectivity index (χ1n) is 9.40. The molecule has 3 rings (SSSR count). The monoisotopic (exact) mass is 340 g/mol. The maximum atomic E-state index is 10.3. The van der Waals surface area contributed by atoms with Crippen molar-refractivity contribution in [3.63, 3.8) is 0 Å². The molecule has 0 spiro atoms. The average molecular weight is 340 g/mol. The topological polar surface area (TPSA) is 49.7 Å². The molecule has 2 aromatic rings. The minimum Gasteiger partial charge on any atom is -0.508 e. The summed E-state index contributed by atoms with van der Waals surface area (Å²) in [6.45, 7) is 0.660. The van der Waals surface area contributed by atoms with Gasteiger partial charge in [0.1, 0.15) is 11.5 Å². The van der Waals surface area contributed by atoms with Crippen molar-refractivity contribution in [3.8, 4) is 11.5 Å². The third kappa shape index (κ3) is 5.23. The number of aliphatic hydroxyl groups is 1. The maximum Gasteiger partial charge on any atom is 0.122 e.